The maximum atomic E-state index is 12.9. The second-order valence-corrected chi connectivity index (χ2v) is 6.83. The molecule has 0 spiro atoms. The number of halogens is 1. The van der Waals surface area contributed by atoms with E-state index in [0.29, 0.717) is 31.8 Å². The third-order valence-electron chi connectivity index (χ3n) is 4.70. The van der Waals surface area contributed by atoms with E-state index in [1.54, 1.807) is 0 Å². The van der Waals surface area contributed by atoms with Gasteiger partial charge in [-0.25, -0.2) is 0 Å². The molecule has 1 aliphatic heterocycles. The van der Waals surface area contributed by atoms with Gasteiger partial charge >= 0.3 is 0 Å². The third-order valence-corrected chi connectivity index (χ3v) is 4.97. The zero-order valence-corrected chi connectivity index (χ0v) is 15.0. The van der Waals surface area contributed by atoms with Gasteiger partial charge in [0.25, 0.3) is 5.91 Å². The Hall–Kier alpha value is -2.07. The van der Waals surface area contributed by atoms with E-state index in [-0.39, 0.29) is 17.9 Å². The van der Waals surface area contributed by atoms with Crippen molar-refractivity contribution in [1.29, 1.82) is 0 Å². The van der Waals surface area contributed by atoms with Crippen molar-refractivity contribution in [3.05, 3.63) is 48.0 Å². The Morgan fingerprint density at radius 3 is 2.56 bits per heavy atom. The first-order valence-electron chi connectivity index (χ1n) is 8.81. The molecule has 132 valence electrons. The standard InChI is InChI=1S/C20H23ClN2O2/c21-12-4-9-19(24)22-16-10-13-23(14-11-16)20(25)18-8-3-6-15-5-1-2-7-17(15)18/h1-3,5-8,16H,4,9-14H2,(H,22,24). The van der Waals surface area contributed by atoms with E-state index < -0.39 is 0 Å². The van der Waals surface area contributed by atoms with Gasteiger partial charge in [0.15, 0.2) is 0 Å². The minimum Gasteiger partial charge on any atom is -0.353 e. The lowest BCUT2D eigenvalue weighted by Crippen LogP contribution is -2.46. The van der Waals surface area contributed by atoms with Crippen LogP contribution in [0.15, 0.2) is 42.5 Å². The van der Waals surface area contributed by atoms with Gasteiger partial charge in [-0.15, -0.1) is 11.6 Å². The van der Waals surface area contributed by atoms with E-state index in [1.165, 1.54) is 0 Å². The maximum Gasteiger partial charge on any atom is 0.254 e. The van der Waals surface area contributed by atoms with Crippen LogP contribution >= 0.6 is 11.6 Å². The molecule has 2 aromatic carbocycles. The van der Waals surface area contributed by atoms with Crippen LogP contribution in [0.5, 0.6) is 0 Å². The minimum absolute atomic E-state index is 0.0551. The Morgan fingerprint density at radius 2 is 1.80 bits per heavy atom. The Bertz CT molecular complexity index is 749. The van der Waals surface area contributed by atoms with Gasteiger partial charge in [0.1, 0.15) is 0 Å². The van der Waals surface area contributed by atoms with Crippen molar-refractivity contribution in [1.82, 2.24) is 10.2 Å². The number of nitrogens with zero attached hydrogens (tertiary/aromatic N) is 1. The third kappa shape index (κ3) is 4.31. The van der Waals surface area contributed by atoms with E-state index in [1.807, 2.05) is 47.4 Å². The Labute approximate surface area is 153 Å². The fourth-order valence-corrected chi connectivity index (χ4v) is 3.47. The van der Waals surface area contributed by atoms with Gasteiger partial charge in [0.05, 0.1) is 0 Å². The average Bonchev–Trinajstić information content (AvgIpc) is 2.66. The molecule has 0 unspecified atom stereocenters. The molecule has 1 N–H and O–H groups in total. The van der Waals surface area contributed by atoms with Gasteiger partial charge in [-0.2, -0.15) is 0 Å². The zero-order valence-electron chi connectivity index (χ0n) is 14.2. The Morgan fingerprint density at radius 1 is 1.08 bits per heavy atom. The molecule has 1 aliphatic rings. The number of nitrogens with one attached hydrogen (secondary N) is 1. The van der Waals surface area contributed by atoms with Gasteiger partial charge in [-0.3, -0.25) is 9.59 Å². The number of benzene rings is 2. The predicted octanol–water partition coefficient (Wildman–Crippen LogP) is 3.58. The predicted molar refractivity (Wildman–Crippen MR) is 101 cm³/mol. The zero-order chi connectivity index (χ0) is 17.6. The molecule has 0 radical (unpaired) electrons. The van der Waals surface area contributed by atoms with Crippen LogP contribution in [0.3, 0.4) is 0 Å². The molecule has 1 saturated heterocycles. The molecule has 0 aromatic heterocycles. The number of fused-ring (bicyclic) bond motifs is 1. The second kappa shape index (κ2) is 8.34. The van der Waals surface area contributed by atoms with Crippen LogP contribution in [0.2, 0.25) is 0 Å². The van der Waals surface area contributed by atoms with Gasteiger partial charge in [0.2, 0.25) is 5.91 Å². The summed E-state index contributed by atoms with van der Waals surface area (Å²) in [7, 11) is 0. The number of carbonyl (C=O) groups excluding carboxylic acids is 2. The summed E-state index contributed by atoms with van der Waals surface area (Å²) in [6, 6.07) is 14.0. The number of amides is 2. The monoisotopic (exact) mass is 358 g/mol. The average molecular weight is 359 g/mol. The molecule has 3 rings (SSSR count). The van der Waals surface area contributed by atoms with Crippen molar-refractivity contribution in [3.63, 3.8) is 0 Å². The molecule has 2 amide bonds. The molecule has 0 atom stereocenters. The van der Waals surface area contributed by atoms with Gasteiger partial charge in [0, 0.05) is 37.0 Å². The number of hydrogen-bond acceptors (Lipinski definition) is 2. The first-order valence-corrected chi connectivity index (χ1v) is 9.35. The fraction of sp³-hybridized carbons (Fsp3) is 0.400. The molecule has 5 heteroatoms. The van der Waals surface area contributed by atoms with E-state index >= 15 is 0 Å². The molecule has 0 bridgehead atoms. The van der Waals surface area contributed by atoms with Gasteiger partial charge < -0.3 is 10.2 Å². The lowest BCUT2D eigenvalue weighted by Gasteiger charge is -2.32. The van der Waals surface area contributed by atoms with Gasteiger partial charge in [-0.1, -0.05) is 36.4 Å². The number of alkyl halides is 1. The van der Waals surface area contributed by atoms with Crippen molar-refractivity contribution in [2.24, 2.45) is 0 Å². The Kier molecular flexibility index (Phi) is 5.92. The molecule has 1 fully saturated rings. The van der Waals surface area contributed by atoms with Crippen LogP contribution in [0, 0.1) is 0 Å². The summed E-state index contributed by atoms with van der Waals surface area (Å²) in [5.74, 6) is 0.633. The van der Waals surface area contributed by atoms with Crippen molar-refractivity contribution in [3.8, 4) is 0 Å². The molecule has 2 aromatic rings. The first-order chi connectivity index (χ1) is 12.2. The van der Waals surface area contributed by atoms with Crippen LogP contribution in [0.1, 0.15) is 36.0 Å². The van der Waals surface area contributed by atoms with Crippen molar-refractivity contribution < 1.29 is 9.59 Å². The molecular weight excluding hydrogens is 336 g/mol. The molecule has 4 nitrogen and oxygen atoms in total. The summed E-state index contributed by atoms with van der Waals surface area (Å²) in [6.45, 7) is 1.34. The SMILES string of the molecule is O=C(CCCCl)NC1CCN(C(=O)c2cccc3ccccc23)CC1. The summed E-state index contributed by atoms with van der Waals surface area (Å²) in [4.78, 5) is 26.6. The smallest absolute Gasteiger partial charge is 0.254 e. The highest BCUT2D eigenvalue weighted by Gasteiger charge is 2.25. The highest BCUT2D eigenvalue weighted by atomic mass is 35.5. The number of hydrogen-bond donors (Lipinski definition) is 1. The van der Waals surface area contributed by atoms with Crippen molar-refractivity contribution >= 4 is 34.2 Å². The number of likely N-dealkylation sites (tertiary alicyclic amines) is 1. The molecule has 0 aliphatic carbocycles. The molecule has 25 heavy (non-hydrogen) atoms. The fourth-order valence-electron chi connectivity index (χ4n) is 3.34. The summed E-state index contributed by atoms with van der Waals surface area (Å²) < 4.78 is 0. The normalized spacial score (nSPS) is 15.3. The first kappa shape index (κ1) is 17.7. The van der Waals surface area contributed by atoms with E-state index in [2.05, 4.69) is 5.32 Å². The summed E-state index contributed by atoms with van der Waals surface area (Å²) in [6.07, 6.45) is 2.76. The largest absolute Gasteiger partial charge is 0.353 e. The molecular formula is C20H23ClN2O2. The lowest BCUT2D eigenvalue weighted by atomic mass is 10.0. The van der Waals surface area contributed by atoms with E-state index in [0.717, 1.165) is 29.2 Å². The topological polar surface area (TPSA) is 49.4 Å². The van der Waals surface area contributed by atoms with Crippen LogP contribution in [-0.4, -0.2) is 41.7 Å². The number of rotatable bonds is 5. The van der Waals surface area contributed by atoms with Crippen LogP contribution in [0.4, 0.5) is 0 Å². The minimum atomic E-state index is 0.0551. The number of piperidine rings is 1. The van der Waals surface area contributed by atoms with Crippen LogP contribution in [-0.2, 0) is 4.79 Å². The Balaban J connectivity index is 1.61. The van der Waals surface area contributed by atoms with Crippen molar-refractivity contribution in [2.45, 2.75) is 31.7 Å². The second-order valence-electron chi connectivity index (χ2n) is 6.45. The quantitative estimate of drug-likeness (QED) is 0.830. The summed E-state index contributed by atoms with van der Waals surface area (Å²) in [5, 5.41) is 5.12. The maximum absolute atomic E-state index is 12.9. The van der Waals surface area contributed by atoms with Crippen LogP contribution in [0.25, 0.3) is 10.8 Å². The lowest BCUT2D eigenvalue weighted by molar-refractivity contribution is -0.122. The highest BCUT2D eigenvalue weighted by Crippen LogP contribution is 2.22. The van der Waals surface area contributed by atoms with Gasteiger partial charge in [-0.05, 0) is 36.1 Å². The summed E-state index contributed by atoms with van der Waals surface area (Å²) in [5.41, 5.74) is 0.752. The highest BCUT2D eigenvalue weighted by molar-refractivity contribution is 6.17. The molecule has 1 heterocycles. The van der Waals surface area contributed by atoms with E-state index in [9.17, 15) is 9.59 Å². The van der Waals surface area contributed by atoms with Crippen molar-refractivity contribution in [2.75, 3.05) is 19.0 Å². The summed E-state index contributed by atoms with van der Waals surface area (Å²) >= 11 is 5.62. The number of carbonyl (C=O) groups is 2. The van der Waals surface area contributed by atoms with Crippen LogP contribution < -0.4 is 5.32 Å². The molecule has 0 saturated carbocycles. The van der Waals surface area contributed by atoms with E-state index in [4.69, 9.17) is 11.6 Å².